The van der Waals surface area contributed by atoms with Crippen LogP contribution in [0.3, 0.4) is 0 Å². The van der Waals surface area contributed by atoms with Crippen LogP contribution in [-0.4, -0.2) is 23.7 Å². The topological polar surface area (TPSA) is 60.5 Å². The second-order valence-electron chi connectivity index (χ2n) is 5.84. The predicted molar refractivity (Wildman–Crippen MR) is 86.3 cm³/mol. The quantitative estimate of drug-likeness (QED) is 0.933. The lowest BCUT2D eigenvalue weighted by molar-refractivity contribution is 0.134. The van der Waals surface area contributed by atoms with Crippen molar-refractivity contribution in [2.45, 2.75) is 32.0 Å². The molecule has 1 N–H and O–H groups in total. The highest BCUT2D eigenvalue weighted by molar-refractivity contribution is 5.67. The third-order valence-electron chi connectivity index (χ3n) is 3.89. The van der Waals surface area contributed by atoms with Crippen molar-refractivity contribution in [1.29, 1.82) is 0 Å². The molecule has 1 aliphatic rings. The molecular formula is C18H19FN2O3. The Bertz CT molecular complexity index is 709. The molecule has 0 bridgehead atoms. The van der Waals surface area contributed by atoms with Crippen molar-refractivity contribution in [2.75, 3.05) is 6.54 Å². The fourth-order valence-corrected chi connectivity index (χ4v) is 2.77. The Hall–Kier alpha value is -2.63. The molecule has 1 amide bonds. The molecule has 0 saturated heterocycles. The number of alkyl carbamates (subject to hydrolysis) is 1. The van der Waals surface area contributed by atoms with Crippen molar-refractivity contribution in [2.24, 2.45) is 0 Å². The van der Waals surface area contributed by atoms with Gasteiger partial charge in [-0.05, 0) is 18.9 Å². The molecule has 1 aromatic carbocycles. The molecule has 2 aromatic rings. The van der Waals surface area contributed by atoms with Gasteiger partial charge in [-0.1, -0.05) is 30.3 Å². The van der Waals surface area contributed by atoms with Gasteiger partial charge < -0.3 is 14.8 Å². The number of nitrogens with one attached hydrogen (secondary N) is 1. The fraction of sp³-hybridized carbons (Fsp3) is 0.333. The molecule has 24 heavy (non-hydrogen) atoms. The number of aromatic nitrogens is 1. The number of pyridine rings is 1. The van der Waals surface area contributed by atoms with Crippen molar-refractivity contribution in [3.05, 3.63) is 59.7 Å². The van der Waals surface area contributed by atoms with E-state index >= 15 is 0 Å². The average Bonchev–Trinajstić information content (AvgIpc) is 2.58. The maximum atomic E-state index is 13.3. The molecule has 0 radical (unpaired) electrons. The molecule has 2 heterocycles. The highest BCUT2D eigenvalue weighted by Gasteiger charge is 2.28. The van der Waals surface area contributed by atoms with Crippen LogP contribution in [0.4, 0.5) is 9.18 Å². The van der Waals surface area contributed by atoms with Gasteiger partial charge in [0, 0.05) is 18.5 Å². The van der Waals surface area contributed by atoms with E-state index in [1.54, 1.807) is 0 Å². The van der Waals surface area contributed by atoms with Gasteiger partial charge in [0.2, 0.25) is 0 Å². The summed E-state index contributed by atoms with van der Waals surface area (Å²) in [6, 6.07) is 10.8. The summed E-state index contributed by atoms with van der Waals surface area (Å²) in [5.41, 5.74) is 1.59. The van der Waals surface area contributed by atoms with Gasteiger partial charge in [-0.3, -0.25) is 4.98 Å². The van der Waals surface area contributed by atoms with Crippen LogP contribution in [0.25, 0.3) is 0 Å². The summed E-state index contributed by atoms with van der Waals surface area (Å²) in [4.78, 5) is 16.0. The van der Waals surface area contributed by atoms with Crippen molar-refractivity contribution >= 4 is 6.09 Å². The average molecular weight is 330 g/mol. The van der Waals surface area contributed by atoms with Gasteiger partial charge in [0.25, 0.3) is 0 Å². The molecule has 126 valence electrons. The van der Waals surface area contributed by atoms with E-state index in [0.29, 0.717) is 24.4 Å². The number of nitrogens with zero attached hydrogens (tertiary/aromatic N) is 1. The molecule has 2 atom stereocenters. The molecule has 0 unspecified atom stereocenters. The Morgan fingerprint density at radius 1 is 1.42 bits per heavy atom. The van der Waals surface area contributed by atoms with Crippen LogP contribution < -0.4 is 10.1 Å². The van der Waals surface area contributed by atoms with Crippen molar-refractivity contribution in [3.8, 4) is 5.75 Å². The third-order valence-corrected chi connectivity index (χ3v) is 3.89. The number of ether oxygens (including phenoxy) is 2. The van der Waals surface area contributed by atoms with Gasteiger partial charge in [-0.2, -0.15) is 0 Å². The number of fused-ring (bicyclic) bond motifs is 1. The first-order valence-corrected chi connectivity index (χ1v) is 7.88. The minimum atomic E-state index is -0.485. The maximum Gasteiger partial charge on any atom is 0.407 e. The fourth-order valence-electron chi connectivity index (χ4n) is 2.77. The van der Waals surface area contributed by atoms with Crippen LogP contribution in [-0.2, 0) is 11.3 Å². The summed E-state index contributed by atoms with van der Waals surface area (Å²) in [5, 5.41) is 2.75. The van der Waals surface area contributed by atoms with E-state index in [0.717, 1.165) is 5.56 Å². The van der Waals surface area contributed by atoms with Crippen LogP contribution in [0.5, 0.6) is 5.75 Å². The van der Waals surface area contributed by atoms with E-state index in [2.05, 4.69) is 10.3 Å². The van der Waals surface area contributed by atoms with E-state index in [9.17, 15) is 9.18 Å². The Morgan fingerprint density at radius 3 is 3.00 bits per heavy atom. The van der Waals surface area contributed by atoms with Gasteiger partial charge in [0.05, 0.1) is 18.0 Å². The first-order chi connectivity index (χ1) is 11.6. The maximum absolute atomic E-state index is 13.3. The van der Waals surface area contributed by atoms with E-state index < -0.39 is 11.9 Å². The zero-order chi connectivity index (χ0) is 16.9. The first-order valence-electron chi connectivity index (χ1n) is 7.88. The lowest BCUT2D eigenvalue weighted by atomic mass is 9.94. The number of benzene rings is 1. The van der Waals surface area contributed by atoms with Crippen molar-refractivity contribution < 1.29 is 18.7 Å². The van der Waals surface area contributed by atoms with Crippen molar-refractivity contribution in [3.63, 3.8) is 0 Å². The molecule has 5 nitrogen and oxygen atoms in total. The number of carbonyl (C=O) groups excluding carboxylic acids is 1. The molecule has 3 rings (SSSR count). The molecule has 1 aliphatic heterocycles. The SMILES string of the molecule is C[C@@H]1C[C@H](CNC(=O)OCc2ccccc2)c2ncc(F)cc2O1. The van der Waals surface area contributed by atoms with Crippen LogP contribution in [0, 0.1) is 5.82 Å². The zero-order valence-corrected chi connectivity index (χ0v) is 13.4. The standard InChI is InChI=1S/C18H19FN2O3/c1-12-7-14(17-16(24-12)8-15(19)10-20-17)9-21-18(22)23-11-13-5-3-2-4-6-13/h2-6,8,10,12,14H,7,9,11H2,1H3,(H,21,22)/t12-,14-/m1/s1. The third kappa shape index (κ3) is 4.01. The van der Waals surface area contributed by atoms with E-state index in [-0.39, 0.29) is 18.6 Å². The van der Waals surface area contributed by atoms with Gasteiger partial charge in [0.15, 0.2) is 0 Å². The highest BCUT2D eigenvalue weighted by atomic mass is 19.1. The van der Waals surface area contributed by atoms with Gasteiger partial charge in [-0.15, -0.1) is 0 Å². The van der Waals surface area contributed by atoms with Gasteiger partial charge in [-0.25, -0.2) is 9.18 Å². The smallest absolute Gasteiger partial charge is 0.407 e. The lowest BCUT2D eigenvalue weighted by Crippen LogP contribution is -2.34. The molecule has 6 heteroatoms. The Kier molecular flexibility index (Phi) is 4.93. The number of rotatable bonds is 4. The second kappa shape index (κ2) is 7.29. The van der Waals surface area contributed by atoms with Crippen LogP contribution >= 0.6 is 0 Å². The number of halogens is 1. The summed E-state index contributed by atoms with van der Waals surface area (Å²) in [5.74, 6) is -0.0244. The highest BCUT2D eigenvalue weighted by Crippen LogP contribution is 2.34. The molecule has 0 fully saturated rings. The first kappa shape index (κ1) is 16.2. The predicted octanol–water partition coefficient (Wildman–Crippen LogP) is 3.40. The lowest BCUT2D eigenvalue weighted by Gasteiger charge is -2.29. The zero-order valence-electron chi connectivity index (χ0n) is 13.4. The Balaban J connectivity index is 1.55. The molecule has 0 spiro atoms. The minimum absolute atomic E-state index is 0.0337. The number of carbonyl (C=O) groups is 1. The summed E-state index contributed by atoms with van der Waals surface area (Å²) in [7, 11) is 0. The minimum Gasteiger partial charge on any atom is -0.489 e. The summed E-state index contributed by atoms with van der Waals surface area (Å²) < 4.78 is 24.1. The molecular weight excluding hydrogens is 311 g/mol. The van der Waals surface area contributed by atoms with E-state index in [1.165, 1.54) is 12.3 Å². The Labute approximate surface area is 139 Å². The van der Waals surface area contributed by atoms with Gasteiger partial charge in [0.1, 0.15) is 18.2 Å². The number of hydrogen-bond donors (Lipinski definition) is 1. The molecule has 0 aliphatic carbocycles. The molecule has 0 saturated carbocycles. The largest absolute Gasteiger partial charge is 0.489 e. The normalized spacial score (nSPS) is 19.1. The Morgan fingerprint density at radius 2 is 2.21 bits per heavy atom. The summed E-state index contributed by atoms with van der Waals surface area (Å²) >= 11 is 0. The van der Waals surface area contributed by atoms with Crippen LogP contribution in [0.15, 0.2) is 42.6 Å². The van der Waals surface area contributed by atoms with E-state index in [4.69, 9.17) is 9.47 Å². The van der Waals surface area contributed by atoms with Crippen LogP contribution in [0.2, 0.25) is 0 Å². The van der Waals surface area contributed by atoms with Crippen LogP contribution in [0.1, 0.15) is 30.5 Å². The van der Waals surface area contributed by atoms with E-state index in [1.807, 2.05) is 37.3 Å². The molecule has 1 aromatic heterocycles. The van der Waals surface area contributed by atoms with Crippen molar-refractivity contribution in [1.82, 2.24) is 10.3 Å². The van der Waals surface area contributed by atoms with Gasteiger partial charge >= 0.3 is 6.09 Å². The number of amides is 1. The summed E-state index contributed by atoms with van der Waals surface area (Å²) in [6.45, 7) is 2.50. The number of hydrogen-bond acceptors (Lipinski definition) is 4. The monoisotopic (exact) mass is 330 g/mol. The second-order valence-corrected chi connectivity index (χ2v) is 5.84. The summed E-state index contributed by atoms with van der Waals surface area (Å²) in [6.07, 6.45) is 1.32.